The van der Waals surface area contributed by atoms with Crippen molar-refractivity contribution < 1.29 is 14.3 Å². The van der Waals surface area contributed by atoms with Crippen LogP contribution in [0.4, 0.5) is 0 Å². The van der Waals surface area contributed by atoms with Gasteiger partial charge in [0.15, 0.2) is 0 Å². The number of thiophene rings is 1. The summed E-state index contributed by atoms with van der Waals surface area (Å²) in [7, 11) is 3.35. The number of methoxy groups -OCH3 is 2. The Kier molecular flexibility index (Phi) is 6.92. The first-order valence-electron chi connectivity index (χ1n) is 10.7. The number of piperazine rings is 1. The van der Waals surface area contributed by atoms with E-state index in [-0.39, 0.29) is 11.9 Å². The Labute approximate surface area is 183 Å². The standard InChI is InChI=1S/C23H31N3O3S/c1-28-18-7-8-20(22(15-18)29-2)21-6-3-9-26(21)17-23(27)25-12-10-24(11-13-25)16-19-5-4-14-30-19/h4-5,7-8,14-15,21H,3,6,9-13,16-17H2,1-2H3/t21-/m1/s1. The molecule has 1 amide bonds. The molecule has 0 saturated carbocycles. The second-order valence-corrected chi connectivity index (χ2v) is 9.00. The van der Waals surface area contributed by atoms with Crippen LogP contribution in [0.1, 0.15) is 29.3 Å². The zero-order valence-corrected chi connectivity index (χ0v) is 18.7. The number of ether oxygens (including phenoxy) is 2. The highest BCUT2D eigenvalue weighted by atomic mass is 32.1. The third-order valence-corrected chi connectivity index (χ3v) is 7.05. The molecule has 1 aromatic carbocycles. The van der Waals surface area contributed by atoms with Gasteiger partial charge >= 0.3 is 0 Å². The van der Waals surface area contributed by atoms with Gasteiger partial charge in [-0.05, 0) is 36.9 Å². The van der Waals surface area contributed by atoms with Gasteiger partial charge in [-0.15, -0.1) is 11.3 Å². The SMILES string of the molecule is COc1ccc([C@H]2CCCN2CC(=O)N2CCN(Cc3cccs3)CC2)c(OC)c1. The van der Waals surface area contributed by atoms with E-state index in [4.69, 9.17) is 9.47 Å². The third-order valence-electron chi connectivity index (χ3n) is 6.19. The smallest absolute Gasteiger partial charge is 0.236 e. The second kappa shape index (κ2) is 9.81. The fourth-order valence-corrected chi connectivity index (χ4v) is 5.26. The summed E-state index contributed by atoms with van der Waals surface area (Å²) in [6.07, 6.45) is 2.15. The molecule has 0 unspecified atom stereocenters. The summed E-state index contributed by atoms with van der Waals surface area (Å²) in [6.45, 7) is 5.93. The van der Waals surface area contributed by atoms with Crippen LogP contribution >= 0.6 is 11.3 Å². The maximum absolute atomic E-state index is 13.0. The summed E-state index contributed by atoms with van der Waals surface area (Å²) in [5.74, 6) is 1.86. The summed E-state index contributed by atoms with van der Waals surface area (Å²) in [6, 6.07) is 10.5. The minimum atomic E-state index is 0.218. The normalized spacial score (nSPS) is 20.5. The molecule has 3 heterocycles. The maximum atomic E-state index is 13.0. The molecule has 1 atom stereocenters. The Bertz CT molecular complexity index is 834. The number of carbonyl (C=O) groups is 1. The molecule has 0 radical (unpaired) electrons. The number of rotatable bonds is 7. The molecule has 0 spiro atoms. The molecular weight excluding hydrogens is 398 g/mol. The molecule has 2 saturated heterocycles. The van der Waals surface area contributed by atoms with Crippen molar-refractivity contribution in [3.05, 3.63) is 46.2 Å². The summed E-state index contributed by atoms with van der Waals surface area (Å²) in [5, 5.41) is 2.12. The first-order chi connectivity index (χ1) is 14.7. The van der Waals surface area contributed by atoms with Gasteiger partial charge < -0.3 is 14.4 Å². The molecule has 7 heteroatoms. The highest BCUT2D eigenvalue weighted by Gasteiger charge is 2.31. The fraction of sp³-hybridized carbons (Fsp3) is 0.522. The first-order valence-corrected chi connectivity index (χ1v) is 11.5. The van der Waals surface area contributed by atoms with Crippen molar-refractivity contribution in [2.75, 3.05) is 53.5 Å². The largest absolute Gasteiger partial charge is 0.497 e. The van der Waals surface area contributed by atoms with Gasteiger partial charge in [-0.25, -0.2) is 0 Å². The minimum absolute atomic E-state index is 0.218. The summed E-state index contributed by atoms with van der Waals surface area (Å²) >= 11 is 1.80. The van der Waals surface area contributed by atoms with Gasteiger partial charge in [0.05, 0.1) is 20.8 Å². The predicted octanol–water partition coefficient (Wildman–Crippen LogP) is 3.25. The van der Waals surface area contributed by atoms with Crippen molar-refractivity contribution in [2.24, 2.45) is 0 Å². The first kappa shape index (κ1) is 21.2. The lowest BCUT2D eigenvalue weighted by Gasteiger charge is -2.36. The molecule has 6 nitrogen and oxygen atoms in total. The van der Waals surface area contributed by atoms with Gasteiger partial charge in [0.2, 0.25) is 5.91 Å². The molecule has 2 aliphatic heterocycles. The molecule has 4 rings (SSSR count). The molecule has 162 valence electrons. The van der Waals surface area contributed by atoms with E-state index in [0.717, 1.165) is 69.2 Å². The molecule has 1 aromatic heterocycles. The number of benzene rings is 1. The molecule has 0 aliphatic carbocycles. The average Bonchev–Trinajstić information content (AvgIpc) is 3.46. The third kappa shape index (κ3) is 4.79. The van der Waals surface area contributed by atoms with Crippen LogP contribution in [0.3, 0.4) is 0 Å². The average molecular weight is 430 g/mol. The van der Waals surface area contributed by atoms with Crippen molar-refractivity contribution in [1.29, 1.82) is 0 Å². The Hall–Kier alpha value is -2.09. The maximum Gasteiger partial charge on any atom is 0.236 e. The van der Waals surface area contributed by atoms with Crippen molar-refractivity contribution in [3.63, 3.8) is 0 Å². The zero-order valence-electron chi connectivity index (χ0n) is 17.9. The van der Waals surface area contributed by atoms with Gasteiger partial charge in [0, 0.05) is 55.3 Å². The van der Waals surface area contributed by atoms with E-state index in [2.05, 4.69) is 33.4 Å². The van der Waals surface area contributed by atoms with Gasteiger partial charge in [0.25, 0.3) is 0 Å². The Morgan fingerprint density at radius 2 is 1.93 bits per heavy atom. The summed E-state index contributed by atoms with van der Waals surface area (Å²) < 4.78 is 10.9. The van der Waals surface area contributed by atoms with Crippen molar-refractivity contribution in [3.8, 4) is 11.5 Å². The zero-order chi connectivity index (χ0) is 20.9. The highest BCUT2D eigenvalue weighted by Crippen LogP contribution is 2.38. The number of amides is 1. The van der Waals surface area contributed by atoms with Crippen LogP contribution in [0.5, 0.6) is 11.5 Å². The van der Waals surface area contributed by atoms with Gasteiger partial charge in [-0.3, -0.25) is 14.6 Å². The van der Waals surface area contributed by atoms with Gasteiger partial charge in [-0.1, -0.05) is 12.1 Å². The molecule has 0 N–H and O–H groups in total. The Morgan fingerprint density at radius 1 is 1.10 bits per heavy atom. The topological polar surface area (TPSA) is 45.2 Å². The van der Waals surface area contributed by atoms with Crippen LogP contribution in [0.2, 0.25) is 0 Å². The lowest BCUT2D eigenvalue weighted by atomic mass is 10.0. The van der Waals surface area contributed by atoms with E-state index in [9.17, 15) is 4.79 Å². The van der Waals surface area contributed by atoms with Crippen molar-refractivity contribution in [2.45, 2.75) is 25.4 Å². The molecular formula is C23H31N3O3S. The number of hydrogen-bond acceptors (Lipinski definition) is 6. The van der Waals surface area contributed by atoms with Crippen molar-refractivity contribution in [1.82, 2.24) is 14.7 Å². The number of likely N-dealkylation sites (tertiary alicyclic amines) is 1. The predicted molar refractivity (Wildman–Crippen MR) is 119 cm³/mol. The Balaban J connectivity index is 1.34. The summed E-state index contributed by atoms with van der Waals surface area (Å²) in [4.78, 5) is 21.2. The van der Waals surface area contributed by atoms with Gasteiger partial charge in [-0.2, -0.15) is 0 Å². The van der Waals surface area contributed by atoms with Gasteiger partial charge in [0.1, 0.15) is 11.5 Å². The summed E-state index contributed by atoms with van der Waals surface area (Å²) in [5.41, 5.74) is 1.14. The van der Waals surface area contributed by atoms with Crippen LogP contribution in [0.15, 0.2) is 35.7 Å². The Morgan fingerprint density at radius 3 is 2.63 bits per heavy atom. The van der Waals surface area contributed by atoms with Crippen LogP contribution in [0.25, 0.3) is 0 Å². The minimum Gasteiger partial charge on any atom is -0.497 e. The van der Waals surface area contributed by atoms with E-state index in [1.54, 1.807) is 25.6 Å². The second-order valence-electron chi connectivity index (χ2n) is 7.97. The number of carbonyl (C=O) groups excluding carboxylic acids is 1. The highest BCUT2D eigenvalue weighted by molar-refractivity contribution is 7.09. The molecule has 2 fully saturated rings. The van der Waals surface area contributed by atoms with E-state index in [1.807, 2.05) is 17.0 Å². The van der Waals surface area contributed by atoms with Crippen LogP contribution < -0.4 is 9.47 Å². The number of hydrogen-bond donors (Lipinski definition) is 0. The number of nitrogens with zero attached hydrogens (tertiary/aromatic N) is 3. The monoisotopic (exact) mass is 429 g/mol. The van der Waals surface area contributed by atoms with E-state index < -0.39 is 0 Å². The van der Waals surface area contributed by atoms with Crippen LogP contribution in [0, 0.1) is 0 Å². The lowest BCUT2D eigenvalue weighted by molar-refractivity contribution is -0.134. The fourth-order valence-electron chi connectivity index (χ4n) is 4.51. The molecule has 2 aliphatic rings. The molecule has 2 aromatic rings. The van der Waals surface area contributed by atoms with E-state index in [1.165, 1.54) is 4.88 Å². The van der Waals surface area contributed by atoms with Crippen LogP contribution in [-0.4, -0.2) is 74.1 Å². The van der Waals surface area contributed by atoms with Crippen molar-refractivity contribution >= 4 is 17.2 Å². The van der Waals surface area contributed by atoms with E-state index in [0.29, 0.717) is 6.54 Å². The molecule has 0 bridgehead atoms. The van der Waals surface area contributed by atoms with E-state index >= 15 is 0 Å². The lowest BCUT2D eigenvalue weighted by Crippen LogP contribution is -2.50. The molecule has 30 heavy (non-hydrogen) atoms. The van der Waals surface area contributed by atoms with Crippen LogP contribution in [-0.2, 0) is 11.3 Å². The quantitative estimate of drug-likeness (QED) is 0.676.